The summed E-state index contributed by atoms with van der Waals surface area (Å²) in [7, 11) is 0. The molecule has 2 bridgehead atoms. The molecule has 1 aliphatic carbocycles. The van der Waals surface area contributed by atoms with E-state index in [9.17, 15) is 5.11 Å². The summed E-state index contributed by atoms with van der Waals surface area (Å²) >= 11 is 0. The van der Waals surface area contributed by atoms with E-state index in [0.717, 1.165) is 19.3 Å². The molecule has 1 spiro atoms. The summed E-state index contributed by atoms with van der Waals surface area (Å²) in [4.78, 5) is 12.0. The van der Waals surface area contributed by atoms with Crippen molar-refractivity contribution >= 4 is 0 Å². The summed E-state index contributed by atoms with van der Waals surface area (Å²) in [6, 6.07) is 6.74. The van der Waals surface area contributed by atoms with Crippen LogP contribution in [0.2, 0.25) is 0 Å². The van der Waals surface area contributed by atoms with Gasteiger partial charge in [0.2, 0.25) is 12.1 Å². The van der Waals surface area contributed by atoms with Crippen molar-refractivity contribution in [2.45, 2.75) is 70.4 Å². The fourth-order valence-electron chi connectivity index (χ4n) is 5.67. The first kappa shape index (κ1) is 17.7. The minimum atomic E-state index is -0.777. The van der Waals surface area contributed by atoms with Gasteiger partial charge in [-0.1, -0.05) is 13.8 Å². The molecule has 148 valence electrons. The monoisotopic (exact) mass is 376 g/mol. The van der Waals surface area contributed by atoms with Crippen LogP contribution in [0, 0.1) is 23.7 Å². The highest BCUT2D eigenvalue weighted by molar-refractivity contribution is 5.30. The highest BCUT2D eigenvalue weighted by Gasteiger charge is 2.69. The van der Waals surface area contributed by atoms with Crippen molar-refractivity contribution < 1.29 is 29.1 Å². The van der Waals surface area contributed by atoms with E-state index in [2.05, 4.69) is 13.8 Å². The summed E-state index contributed by atoms with van der Waals surface area (Å²) in [6.07, 6.45) is 3.08. The van der Waals surface area contributed by atoms with Gasteiger partial charge in [-0.25, -0.2) is 9.78 Å². The van der Waals surface area contributed by atoms with Crippen LogP contribution in [0.1, 0.15) is 46.5 Å². The van der Waals surface area contributed by atoms with Crippen LogP contribution < -0.4 is 4.74 Å². The first-order valence-corrected chi connectivity index (χ1v) is 10.1. The third-order valence-electron chi connectivity index (χ3n) is 7.19. The zero-order valence-electron chi connectivity index (χ0n) is 16.1. The van der Waals surface area contributed by atoms with Gasteiger partial charge in [0.1, 0.15) is 11.5 Å². The zero-order valence-corrected chi connectivity index (χ0v) is 16.1. The molecule has 6 rings (SSSR count). The molecule has 0 radical (unpaired) electrons. The molecule has 5 aliphatic rings. The Morgan fingerprint density at radius 1 is 1.04 bits per heavy atom. The molecule has 0 amide bonds. The molecule has 1 aromatic rings. The predicted molar refractivity (Wildman–Crippen MR) is 95.6 cm³/mol. The van der Waals surface area contributed by atoms with Crippen LogP contribution in [0.5, 0.6) is 11.5 Å². The van der Waals surface area contributed by atoms with Gasteiger partial charge in [-0.2, -0.15) is 0 Å². The number of phenols is 1. The Labute approximate surface area is 159 Å². The van der Waals surface area contributed by atoms with Crippen LogP contribution >= 0.6 is 0 Å². The van der Waals surface area contributed by atoms with E-state index in [4.69, 9.17) is 24.0 Å². The number of hydrogen-bond donors (Lipinski definition) is 1. The summed E-state index contributed by atoms with van der Waals surface area (Å²) in [6.45, 7) is 6.39. The average Bonchev–Trinajstić information content (AvgIpc) is 2.87. The lowest BCUT2D eigenvalue weighted by Gasteiger charge is -2.60. The Hall–Kier alpha value is -1.34. The lowest BCUT2D eigenvalue weighted by atomic mass is 9.58. The lowest BCUT2D eigenvalue weighted by Crippen LogP contribution is -2.70. The van der Waals surface area contributed by atoms with Crippen molar-refractivity contribution in [1.82, 2.24) is 0 Å². The minimum absolute atomic E-state index is 0.125. The SMILES string of the molecule is C[C@H]1[C@@H](Oc2ccc(O)cc2)O[C@@H]2O[C@]3(C)CC[C@H]4[C@H](C)CC[C@@H]1[C@@]24OO3. The van der Waals surface area contributed by atoms with Gasteiger partial charge in [-0.3, -0.25) is 0 Å². The van der Waals surface area contributed by atoms with E-state index < -0.39 is 24.0 Å². The van der Waals surface area contributed by atoms with Crippen LogP contribution in [-0.4, -0.2) is 29.1 Å². The van der Waals surface area contributed by atoms with Crippen molar-refractivity contribution in [3.05, 3.63) is 24.3 Å². The first-order valence-electron chi connectivity index (χ1n) is 10.1. The average molecular weight is 376 g/mol. The predicted octanol–water partition coefficient (Wildman–Crippen LogP) is 3.98. The van der Waals surface area contributed by atoms with E-state index in [0.29, 0.717) is 17.6 Å². The third kappa shape index (κ3) is 2.61. The van der Waals surface area contributed by atoms with Gasteiger partial charge in [0.15, 0.2) is 11.9 Å². The summed E-state index contributed by atoms with van der Waals surface area (Å²) in [5, 5.41) is 9.50. The largest absolute Gasteiger partial charge is 0.508 e. The Kier molecular flexibility index (Phi) is 3.99. The first-order chi connectivity index (χ1) is 12.9. The van der Waals surface area contributed by atoms with Crippen LogP contribution in [0.4, 0.5) is 0 Å². The van der Waals surface area contributed by atoms with Crippen LogP contribution in [-0.2, 0) is 19.2 Å². The molecule has 8 atom stereocenters. The molecule has 6 heteroatoms. The summed E-state index contributed by atoms with van der Waals surface area (Å²) in [5.74, 6) is 1.36. The fourth-order valence-corrected chi connectivity index (χ4v) is 5.67. The maximum atomic E-state index is 9.50. The zero-order chi connectivity index (χ0) is 18.8. The van der Waals surface area contributed by atoms with Crippen molar-refractivity contribution in [1.29, 1.82) is 0 Å². The van der Waals surface area contributed by atoms with E-state index in [1.807, 2.05) is 6.92 Å². The smallest absolute Gasteiger partial charge is 0.205 e. The quantitative estimate of drug-likeness (QED) is 0.788. The van der Waals surface area contributed by atoms with Crippen LogP contribution in [0.15, 0.2) is 24.3 Å². The van der Waals surface area contributed by atoms with Crippen molar-refractivity contribution in [2.24, 2.45) is 23.7 Å². The van der Waals surface area contributed by atoms with Gasteiger partial charge in [-0.15, -0.1) is 0 Å². The van der Waals surface area contributed by atoms with Gasteiger partial charge >= 0.3 is 0 Å². The van der Waals surface area contributed by atoms with E-state index in [1.54, 1.807) is 24.3 Å². The summed E-state index contributed by atoms with van der Waals surface area (Å²) in [5.41, 5.74) is -0.568. The topological polar surface area (TPSA) is 66.4 Å². The standard InChI is InChI=1S/C21H28O6/c1-12-4-9-17-13(2)18(23-15-7-5-14(22)6-8-15)24-19-21(17)16(12)10-11-20(3,25-19)26-27-21/h5-8,12-13,16-19,22H,4,9-11H2,1-3H3/t12-,13-,16+,17+,18+,19-,20+,21-/m1/s1. The normalized spacial score (nSPS) is 48.6. The van der Waals surface area contributed by atoms with Gasteiger partial charge in [0.25, 0.3) is 0 Å². The number of aromatic hydroxyl groups is 1. The number of ether oxygens (including phenoxy) is 3. The molecule has 4 saturated heterocycles. The second-order valence-electron chi connectivity index (χ2n) is 8.89. The van der Waals surface area contributed by atoms with E-state index >= 15 is 0 Å². The Morgan fingerprint density at radius 2 is 1.81 bits per heavy atom. The molecular formula is C21H28O6. The molecule has 1 saturated carbocycles. The minimum Gasteiger partial charge on any atom is -0.508 e. The second-order valence-corrected chi connectivity index (χ2v) is 8.89. The number of fused-ring (bicyclic) bond motifs is 2. The van der Waals surface area contributed by atoms with Crippen LogP contribution in [0.3, 0.4) is 0 Å². The molecule has 27 heavy (non-hydrogen) atoms. The van der Waals surface area contributed by atoms with Gasteiger partial charge in [0, 0.05) is 18.3 Å². The number of phenolic OH excluding ortho intramolecular Hbond substituents is 1. The molecular weight excluding hydrogens is 348 g/mol. The third-order valence-corrected chi connectivity index (χ3v) is 7.19. The van der Waals surface area contributed by atoms with Crippen molar-refractivity contribution in [2.75, 3.05) is 0 Å². The van der Waals surface area contributed by atoms with Gasteiger partial charge in [-0.05, 0) is 62.3 Å². The molecule has 1 aromatic carbocycles. The van der Waals surface area contributed by atoms with E-state index in [-0.39, 0.29) is 17.6 Å². The fraction of sp³-hybridized carbons (Fsp3) is 0.714. The van der Waals surface area contributed by atoms with Gasteiger partial charge in [0.05, 0.1) is 0 Å². The summed E-state index contributed by atoms with van der Waals surface area (Å²) < 4.78 is 18.9. The molecule has 5 fully saturated rings. The maximum Gasteiger partial charge on any atom is 0.205 e. The molecule has 4 heterocycles. The Balaban J connectivity index is 1.48. The molecule has 0 unspecified atom stereocenters. The highest BCUT2D eigenvalue weighted by Crippen LogP contribution is 2.60. The number of rotatable bonds is 2. The van der Waals surface area contributed by atoms with E-state index in [1.165, 1.54) is 6.42 Å². The molecule has 4 aliphatic heterocycles. The number of benzene rings is 1. The number of hydrogen-bond acceptors (Lipinski definition) is 6. The Morgan fingerprint density at radius 3 is 2.59 bits per heavy atom. The van der Waals surface area contributed by atoms with Gasteiger partial charge < -0.3 is 19.3 Å². The van der Waals surface area contributed by atoms with Crippen LogP contribution in [0.25, 0.3) is 0 Å². The van der Waals surface area contributed by atoms with Crippen molar-refractivity contribution in [3.8, 4) is 11.5 Å². The maximum absolute atomic E-state index is 9.50. The lowest BCUT2D eigenvalue weighted by molar-refractivity contribution is -0.575. The highest BCUT2D eigenvalue weighted by atomic mass is 17.3. The Bertz CT molecular complexity index is 707. The molecule has 0 aromatic heterocycles. The second kappa shape index (κ2) is 6.08. The molecule has 1 N–H and O–H groups in total. The molecule has 6 nitrogen and oxygen atoms in total. The van der Waals surface area contributed by atoms with Crippen molar-refractivity contribution in [3.63, 3.8) is 0 Å².